The van der Waals surface area contributed by atoms with E-state index in [0.29, 0.717) is 17.8 Å². The van der Waals surface area contributed by atoms with Crippen LogP contribution < -0.4 is 10.6 Å². The molecule has 1 aromatic rings. The lowest BCUT2D eigenvalue weighted by molar-refractivity contribution is -0.126. The minimum Gasteiger partial charge on any atom is -0.368 e. The van der Waals surface area contributed by atoms with Crippen LogP contribution in [0.4, 0.5) is 5.69 Å². The summed E-state index contributed by atoms with van der Waals surface area (Å²) in [6, 6.07) is 4.07. The van der Waals surface area contributed by atoms with Gasteiger partial charge in [-0.05, 0) is 89.5 Å². The first-order chi connectivity index (χ1) is 15.3. The normalized spacial score (nSPS) is 24.6. The Morgan fingerprint density at radius 3 is 2.59 bits per heavy atom. The van der Waals surface area contributed by atoms with Crippen LogP contribution in [0, 0.1) is 23.7 Å². The van der Waals surface area contributed by atoms with Gasteiger partial charge < -0.3 is 15.4 Å². The van der Waals surface area contributed by atoms with Crippen molar-refractivity contribution in [1.82, 2.24) is 5.32 Å². The molecule has 0 bridgehead atoms. The van der Waals surface area contributed by atoms with Gasteiger partial charge in [-0.1, -0.05) is 62.4 Å². The lowest BCUT2D eigenvalue weighted by Gasteiger charge is -2.37. The molecule has 0 saturated heterocycles. The molecule has 3 atom stereocenters. The van der Waals surface area contributed by atoms with Crippen LogP contribution in [0.25, 0.3) is 0 Å². The van der Waals surface area contributed by atoms with E-state index >= 15 is 0 Å². The van der Waals surface area contributed by atoms with Crippen molar-refractivity contribution in [3.8, 4) is 0 Å². The van der Waals surface area contributed by atoms with Crippen molar-refractivity contribution in [2.24, 2.45) is 23.7 Å². The maximum atomic E-state index is 12.8. The average Bonchev–Trinajstić information content (AvgIpc) is 2.75. The second-order valence-electron chi connectivity index (χ2n) is 10.3. The minimum absolute atomic E-state index is 0.0812. The molecule has 2 fully saturated rings. The first kappa shape index (κ1) is 26.2. The lowest BCUT2D eigenvalue weighted by Crippen LogP contribution is -2.36. The van der Waals surface area contributed by atoms with E-state index in [9.17, 15) is 4.79 Å². The fraction of sp³-hybridized carbons (Fsp3) is 0.731. The van der Waals surface area contributed by atoms with Crippen LogP contribution in [0.15, 0.2) is 21.1 Å². The van der Waals surface area contributed by atoms with Gasteiger partial charge in [-0.15, -0.1) is 0 Å². The Bertz CT molecular complexity index is 750. The number of hydrogen-bond acceptors (Lipinski definition) is 3. The van der Waals surface area contributed by atoms with Crippen molar-refractivity contribution in [3.63, 3.8) is 0 Å². The first-order valence-corrected chi connectivity index (χ1v) is 14.0. The van der Waals surface area contributed by atoms with Gasteiger partial charge in [0.05, 0.1) is 11.8 Å². The van der Waals surface area contributed by atoms with Crippen molar-refractivity contribution in [2.75, 3.05) is 18.5 Å². The van der Waals surface area contributed by atoms with Gasteiger partial charge in [0.2, 0.25) is 5.91 Å². The average molecular weight is 572 g/mol. The number of rotatable bonds is 9. The van der Waals surface area contributed by atoms with Crippen molar-refractivity contribution < 1.29 is 9.53 Å². The molecule has 0 aromatic heterocycles. The number of ether oxygens (including phenoxy) is 1. The lowest BCUT2D eigenvalue weighted by atomic mass is 9.75. The zero-order valence-electron chi connectivity index (χ0n) is 19.9. The molecule has 2 aliphatic rings. The Morgan fingerprint density at radius 2 is 1.88 bits per heavy atom. The largest absolute Gasteiger partial charge is 0.368 e. The standard InChI is InChI=1S/C26H40Br2N2O2/c1-17(2)22-10-9-18(3)11-24(22)32-16-25(31)30-26-20(12-21(27)13-23(26)28)15-29-14-19-7-5-4-6-8-19/h12-13,17-19,22,24,29H,4-11,14-16H2,1-3H3,(H,30,31)/t18-,22-,24-/m1/s1. The van der Waals surface area contributed by atoms with E-state index in [1.807, 2.05) is 6.07 Å². The van der Waals surface area contributed by atoms with Gasteiger partial charge in [-0.25, -0.2) is 0 Å². The predicted molar refractivity (Wildman–Crippen MR) is 140 cm³/mol. The molecule has 0 spiro atoms. The second kappa shape index (κ2) is 12.9. The number of benzene rings is 1. The number of carbonyl (C=O) groups is 1. The molecule has 1 amide bonds. The van der Waals surface area contributed by atoms with Gasteiger partial charge in [0.1, 0.15) is 6.61 Å². The molecule has 6 heteroatoms. The molecular weight excluding hydrogens is 532 g/mol. The van der Waals surface area contributed by atoms with Gasteiger partial charge >= 0.3 is 0 Å². The smallest absolute Gasteiger partial charge is 0.250 e. The molecule has 32 heavy (non-hydrogen) atoms. The van der Waals surface area contributed by atoms with E-state index in [1.54, 1.807) is 0 Å². The second-order valence-corrected chi connectivity index (χ2v) is 12.1. The Morgan fingerprint density at radius 1 is 1.12 bits per heavy atom. The minimum atomic E-state index is -0.0812. The van der Waals surface area contributed by atoms with Crippen molar-refractivity contribution in [2.45, 2.75) is 84.8 Å². The topological polar surface area (TPSA) is 50.4 Å². The summed E-state index contributed by atoms with van der Waals surface area (Å²) in [5, 5.41) is 6.74. The highest BCUT2D eigenvalue weighted by Gasteiger charge is 2.31. The predicted octanol–water partition coefficient (Wildman–Crippen LogP) is 7.30. The molecule has 4 nitrogen and oxygen atoms in total. The maximum absolute atomic E-state index is 12.8. The summed E-state index contributed by atoms with van der Waals surface area (Å²) in [4.78, 5) is 12.8. The maximum Gasteiger partial charge on any atom is 0.250 e. The number of halogens is 2. The van der Waals surface area contributed by atoms with Crippen molar-refractivity contribution >= 4 is 43.5 Å². The summed E-state index contributed by atoms with van der Waals surface area (Å²) < 4.78 is 8.07. The van der Waals surface area contributed by atoms with Gasteiger partial charge in [-0.3, -0.25) is 4.79 Å². The number of carbonyl (C=O) groups excluding carboxylic acids is 1. The van der Waals surface area contributed by atoms with Crippen LogP contribution in [0.2, 0.25) is 0 Å². The SMILES string of the molecule is CC(C)[C@H]1CC[C@@H](C)C[C@H]1OCC(=O)Nc1c(Br)cc(Br)cc1CNCC1CCCCC1. The molecule has 2 aliphatic carbocycles. The fourth-order valence-corrected chi connectivity index (χ4v) is 6.79. The summed E-state index contributed by atoms with van der Waals surface area (Å²) in [7, 11) is 0. The zero-order chi connectivity index (χ0) is 23.1. The molecule has 0 heterocycles. The molecule has 1 aromatic carbocycles. The van der Waals surface area contributed by atoms with Crippen LogP contribution in [0.3, 0.4) is 0 Å². The van der Waals surface area contributed by atoms with Gasteiger partial charge in [0.25, 0.3) is 0 Å². The Balaban J connectivity index is 1.57. The van der Waals surface area contributed by atoms with Crippen LogP contribution in [0.5, 0.6) is 0 Å². The van der Waals surface area contributed by atoms with E-state index in [1.165, 1.54) is 44.9 Å². The third-order valence-corrected chi connectivity index (χ3v) is 8.35. The van der Waals surface area contributed by atoms with Crippen molar-refractivity contribution in [1.29, 1.82) is 0 Å². The van der Waals surface area contributed by atoms with Gasteiger partial charge in [0, 0.05) is 15.5 Å². The highest BCUT2D eigenvalue weighted by atomic mass is 79.9. The molecule has 0 radical (unpaired) electrons. The Hall–Kier alpha value is -0.430. The first-order valence-electron chi connectivity index (χ1n) is 12.4. The molecule has 0 unspecified atom stereocenters. The third kappa shape index (κ3) is 7.82. The summed E-state index contributed by atoms with van der Waals surface area (Å²) in [5.41, 5.74) is 1.93. The van der Waals surface area contributed by atoms with E-state index in [4.69, 9.17) is 4.74 Å². The molecular formula is C26H40Br2N2O2. The van der Waals surface area contributed by atoms with Gasteiger partial charge in [-0.2, -0.15) is 0 Å². The van der Waals surface area contributed by atoms with E-state index in [0.717, 1.165) is 45.6 Å². The number of hydrogen-bond donors (Lipinski definition) is 2. The Kier molecular flexibility index (Phi) is 10.5. The van der Waals surface area contributed by atoms with Crippen LogP contribution in [-0.4, -0.2) is 25.2 Å². The summed E-state index contributed by atoms with van der Waals surface area (Å²) in [6.07, 6.45) is 10.4. The molecule has 2 saturated carbocycles. The van der Waals surface area contributed by atoms with Crippen LogP contribution >= 0.6 is 31.9 Å². The fourth-order valence-electron chi connectivity index (χ4n) is 5.37. The molecule has 0 aliphatic heterocycles. The third-order valence-electron chi connectivity index (χ3n) is 7.26. The van der Waals surface area contributed by atoms with Crippen molar-refractivity contribution in [3.05, 3.63) is 26.6 Å². The summed E-state index contributed by atoms with van der Waals surface area (Å²) in [5.74, 6) is 2.48. The quantitative estimate of drug-likeness (QED) is 0.327. The molecule has 3 rings (SSSR count). The summed E-state index contributed by atoms with van der Waals surface area (Å²) in [6.45, 7) is 8.71. The van der Waals surface area contributed by atoms with E-state index in [-0.39, 0.29) is 18.6 Å². The molecule has 2 N–H and O–H groups in total. The summed E-state index contributed by atoms with van der Waals surface area (Å²) >= 11 is 7.24. The van der Waals surface area contributed by atoms with E-state index in [2.05, 4.69) is 69.3 Å². The monoisotopic (exact) mass is 570 g/mol. The Labute approximate surface area is 211 Å². The number of nitrogens with one attached hydrogen (secondary N) is 2. The van der Waals surface area contributed by atoms with E-state index < -0.39 is 0 Å². The van der Waals surface area contributed by atoms with Crippen LogP contribution in [-0.2, 0) is 16.1 Å². The zero-order valence-corrected chi connectivity index (χ0v) is 23.1. The number of anilines is 1. The molecule has 180 valence electrons. The van der Waals surface area contributed by atoms with Gasteiger partial charge in [0.15, 0.2) is 0 Å². The highest BCUT2D eigenvalue weighted by Crippen LogP contribution is 2.35. The van der Waals surface area contributed by atoms with Crippen LogP contribution in [0.1, 0.15) is 77.7 Å². The number of amides is 1. The highest BCUT2D eigenvalue weighted by molar-refractivity contribution is 9.11.